The number of aromatic nitrogens is 1. The lowest BCUT2D eigenvalue weighted by Crippen LogP contribution is -2.51. The Morgan fingerprint density at radius 2 is 1.86 bits per heavy atom. The molecule has 3 nitrogen and oxygen atoms in total. The smallest absolute Gasteiger partial charge is 0.0270 e. The molecule has 0 bridgehead atoms. The van der Waals surface area contributed by atoms with E-state index in [0.717, 1.165) is 39.0 Å². The standard InChI is InChI=1S/C18H23N3/c1-2-4-17(5-3-1)14-18-15-21(13-11-20-18)12-8-16-6-9-19-10-7-16/h1-7,9-10,18,20H,8,11-15H2. The van der Waals surface area contributed by atoms with Crippen molar-refractivity contribution >= 4 is 0 Å². The Labute approximate surface area is 127 Å². The van der Waals surface area contributed by atoms with Crippen LogP contribution in [0, 0.1) is 0 Å². The van der Waals surface area contributed by atoms with Crippen LogP contribution in [0.3, 0.4) is 0 Å². The molecule has 1 N–H and O–H groups in total. The van der Waals surface area contributed by atoms with Crippen molar-refractivity contribution in [1.82, 2.24) is 15.2 Å². The first-order chi connectivity index (χ1) is 10.4. The van der Waals surface area contributed by atoms with Crippen LogP contribution in [0.4, 0.5) is 0 Å². The van der Waals surface area contributed by atoms with Crippen molar-refractivity contribution in [3.05, 3.63) is 66.0 Å². The van der Waals surface area contributed by atoms with Crippen LogP contribution in [0.5, 0.6) is 0 Å². The van der Waals surface area contributed by atoms with Gasteiger partial charge in [-0.1, -0.05) is 30.3 Å². The third-order valence-electron chi connectivity index (χ3n) is 4.13. The zero-order valence-electron chi connectivity index (χ0n) is 12.4. The Hall–Kier alpha value is -1.71. The first-order valence-corrected chi connectivity index (χ1v) is 7.79. The fourth-order valence-electron chi connectivity index (χ4n) is 2.97. The molecule has 21 heavy (non-hydrogen) atoms. The van der Waals surface area contributed by atoms with Crippen LogP contribution < -0.4 is 5.32 Å². The fraction of sp³-hybridized carbons (Fsp3) is 0.389. The van der Waals surface area contributed by atoms with Gasteiger partial charge in [-0.15, -0.1) is 0 Å². The highest BCUT2D eigenvalue weighted by Gasteiger charge is 2.19. The van der Waals surface area contributed by atoms with Crippen LogP contribution in [-0.4, -0.2) is 42.1 Å². The summed E-state index contributed by atoms with van der Waals surface area (Å²) in [5, 5.41) is 3.64. The van der Waals surface area contributed by atoms with Crippen LogP contribution in [0.2, 0.25) is 0 Å². The number of pyridine rings is 1. The minimum absolute atomic E-state index is 0.568. The summed E-state index contributed by atoms with van der Waals surface area (Å²) < 4.78 is 0. The van der Waals surface area contributed by atoms with Crippen molar-refractivity contribution in [2.24, 2.45) is 0 Å². The van der Waals surface area contributed by atoms with E-state index in [1.54, 1.807) is 0 Å². The molecule has 3 heteroatoms. The second-order valence-electron chi connectivity index (χ2n) is 5.75. The number of rotatable bonds is 5. The summed E-state index contributed by atoms with van der Waals surface area (Å²) in [5.41, 5.74) is 2.80. The predicted molar refractivity (Wildman–Crippen MR) is 86.3 cm³/mol. The van der Waals surface area contributed by atoms with Crippen molar-refractivity contribution in [3.63, 3.8) is 0 Å². The van der Waals surface area contributed by atoms with E-state index in [9.17, 15) is 0 Å². The molecule has 0 amide bonds. The summed E-state index contributed by atoms with van der Waals surface area (Å²) in [6.45, 7) is 4.52. The normalized spacial score (nSPS) is 19.5. The van der Waals surface area contributed by atoms with E-state index in [1.165, 1.54) is 11.1 Å². The van der Waals surface area contributed by atoms with Crippen LogP contribution in [0.1, 0.15) is 11.1 Å². The van der Waals surface area contributed by atoms with Crippen LogP contribution in [0.15, 0.2) is 54.9 Å². The maximum Gasteiger partial charge on any atom is 0.0270 e. The molecule has 0 saturated carbocycles. The Morgan fingerprint density at radius 3 is 2.67 bits per heavy atom. The lowest BCUT2D eigenvalue weighted by atomic mass is 10.0. The number of benzene rings is 1. The quantitative estimate of drug-likeness (QED) is 0.910. The van der Waals surface area contributed by atoms with Crippen molar-refractivity contribution in [1.29, 1.82) is 0 Å². The number of nitrogens with one attached hydrogen (secondary N) is 1. The van der Waals surface area contributed by atoms with Crippen LogP contribution >= 0.6 is 0 Å². The average molecular weight is 281 g/mol. The molecule has 1 unspecified atom stereocenters. The molecule has 0 spiro atoms. The minimum Gasteiger partial charge on any atom is -0.311 e. The molecule has 1 aliphatic rings. The highest BCUT2D eigenvalue weighted by Crippen LogP contribution is 2.08. The molecule has 1 saturated heterocycles. The van der Waals surface area contributed by atoms with Gasteiger partial charge in [-0.2, -0.15) is 0 Å². The monoisotopic (exact) mass is 281 g/mol. The molecule has 2 heterocycles. The van der Waals surface area contributed by atoms with E-state index in [2.05, 4.69) is 57.7 Å². The Morgan fingerprint density at radius 1 is 1.05 bits per heavy atom. The molecule has 1 fully saturated rings. The van der Waals surface area contributed by atoms with Crippen molar-refractivity contribution < 1.29 is 0 Å². The van der Waals surface area contributed by atoms with E-state index in [4.69, 9.17) is 0 Å². The number of hydrogen-bond donors (Lipinski definition) is 1. The van der Waals surface area contributed by atoms with Gasteiger partial charge in [-0.25, -0.2) is 0 Å². The molecule has 0 aliphatic carbocycles. The van der Waals surface area contributed by atoms with Gasteiger partial charge in [0.15, 0.2) is 0 Å². The lowest BCUT2D eigenvalue weighted by Gasteiger charge is -2.33. The minimum atomic E-state index is 0.568. The SMILES string of the molecule is c1ccc(CC2CN(CCc3ccncc3)CCN2)cc1. The molecular weight excluding hydrogens is 258 g/mol. The lowest BCUT2D eigenvalue weighted by molar-refractivity contribution is 0.201. The van der Waals surface area contributed by atoms with Crippen molar-refractivity contribution in [3.8, 4) is 0 Å². The average Bonchev–Trinajstić information content (AvgIpc) is 2.55. The van der Waals surface area contributed by atoms with Gasteiger partial charge in [0.25, 0.3) is 0 Å². The maximum atomic E-state index is 4.08. The van der Waals surface area contributed by atoms with Gasteiger partial charge < -0.3 is 10.2 Å². The largest absolute Gasteiger partial charge is 0.311 e. The highest BCUT2D eigenvalue weighted by molar-refractivity contribution is 5.16. The topological polar surface area (TPSA) is 28.2 Å². The van der Waals surface area contributed by atoms with Crippen molar-refractivity contribution in [2.45, 2.75) is 18.9 Å². The van der Waals surface area contributed by atoms with E-state index < -0.39 is 0 Å². The summed E-state index contributed by atoms with van der Waals surface area (Å²) in [4.78, 5) is 6.65. The van der Waals surface area contributed by atoms with Crippen LogP contribution in [0.25, 0.3) is 0 Å². The van der Waals surface area contributed by atoms with Gasteiger partial charge in [-0.05, 0) is 36.1 Å². The van der Waals surface area contributed by atoms with Crippen LogP contribution in [-0.2, 0) is 12.8 Å². The first kappa shape index (κ1) is 14.2. The zero-order chi connectivity index (χ0) is 14.3. The van der Waals surface area contributed by atoms with E-state index in [-0.39, 0.29) is 0 Å². The van der Waals surface area contributed by atoms with E-state index in [1.807, 2.05) is 12.4 Å². The maximum absolute atomic E-state index is 4.08. The molecular formula is C18H23N3. The summed E-state index contributed by atoms with van der Waals surface area (Å²) in [6, 6.07) is 15.6. The Kier molecular flexibility index (Phi) is 4.98. The summed E-state index contributed by atoms with van der Waals surface area (Å²) >= 11 is 0. The fourth-order valence-corrected chi connectivity index (χ4v) is 2.97. The summed E-state index contributed by atoms with van der Waals surface area (Å²) in [5.74, 6) is 0. The molecule has 110 valence electrons. The summed E-state index contributed by atoms with van der Waals surface area (Å²) in [6.07, 6.45) is 5.99. The van der Waals surface area contributed by atoms with Gasteiger partial charge >= 0.3 is 0 Å². The number of piperazine rings is 1. The third kappa shape index (κ3) is 4.38. The van der Waals surface area contributed by atoms with Gasteiger partial charge in [0.05, 0.1) is 0 Å². The molecule has 3 rings (SSSR count). The third-order valence-corrected chi connectivity index (χ3v) is 4.13. The van der Waals surface area contributed by atoms with Gasteiger partial charge in [-0.3, -0.25) is 4.98 Å². The van der Waals surface area contributed by atoms with Gasteiger partial charge in [0, 0.05) is 44.6 Å². The Bertz CT molecular complexity index is 527. The molecule has 2 aromatic rings. The second kappa shape index (κ2) is 7.34. The molecule has 1 atom stereocenters. The zero-order valence-corrected chi connectivity index (χ0v) is 12.4. The van der Waals surface area contributed by atoms with Crippen molar-refractivity contribution in [2.75, 3.05) is 26.2 Å². The molecule has 1 aromatic heterocycles. The number of hydrogen-bond acceptors (Lipinski definition) is 3. The first-order valence-electron chi connectivity index (χ1n) is 7.79. The molecule has 0 radical (unpaired) electrons. The molecule has 1 aromatic carbocycles. The predicted octanol–water partition coefficient (Wildman–Crippen LogP) is 2.14. The Balaban J connectivity index is 1.49. The molecule has 1 aliphatic heterocycles. The van der Waals surface area contributed by atoms with E-state index in [0.29, 0.717) is 6.04 Å². The van der Waals surface area contributed by atoms with Gasteiger partial charge in [0.1, 0.15) is 0 Å². The number of nitrogens with zero attached hydrogens (tertiary/aromatic N) is 2. The summed E-state index contributed by atoms with van der Waals surface area (Å²) in [7, 11) is 0. The van der Waals surface area contributed by atoms with Gasteiger partial charge in [0.2, 0.25) is 0 Å². The highest BCUT2D eigenvalue weighted by atomic mass is 15.2. The second-order valence-corrected chi connectivity index (χ2v) is 5.75. The van der Waals surface area contributed by atoms with E-state index >= 15 is 0 Å².